The first-order valence-corrected chi connectivity index (χ1v) is 7.73. The number of aryl methyl sites for hydroxylation is 1. The Kier molecular flexibility index (Phi) is 9.17. The summed E-state index contributed by atoms with van der Waals surface area (Å²) in [5, 5.41) is 10.00. The molecular weight excluding hydrogens is 440 g/mol. The van der Waals surface area contributed by atoms with E-state index in [-0.39, 0.29) is 41.6 Å². The number of nitrogens with zero attached hydrogens (tertiary/aromatic N) is 3. The zero-order valence-corrected chi connectivity index (χ0v) is 16.8. The first-order chi connectivity index (χ1) is 11.6. The third kappa shape index (κ3) is 7.24. The first kappa shape index (κ1) is 21.1. The molecule has 2 aromatic rings. The number of nitrogens with one attached hydrogen (secondary N) is 2. The Labute approximate surface area is 163 Å². The average Bonchev–Trinajstić information content (AvgIpc) is 2.98. The SMILES string of the molecule is CN=C(NCCc1nc(C)no1)NCC(C)Oc1ccccc1F.I. The van der Waals surface area contributed by atoms with E-state index in [2.05, 4.69) is 25.8 Å². The minimum Gasteiger partial charge on any atom is -0.486 e. The summed E-state index contributed by atoms with van der Waals surface area (Å²) in [5.74, 6) is 1.68. The number of hydrogen-bond acceptors (Lipinski definition) is 5. The molecule has 0 fully saturated rings. The summed E-state index contributed by atoms with van der Waals surface area (Å²) in [6.07, 6.45) is 0.377. The number of halogens is 2. The van der Waals surface area contributed by atoms with Gasteiger partial charge in [0.05, 0.1) is 6.54 Å². The maximum absolute atomic E-state index is 13.5. The number of aliphatic imine (C=N–C) groups is 1. The van der Waals surface area contributed by atoms with E-state index in [1.54, 1.807) is 32.2 Å². The van der Waals surface area contributed by atoms with Gasteiger partial charge >= 0.3 is 0 Å². The summed E-state index contributed by atoms with van der Waals surface area (Å²) in [7, 11) is 1.68. The molecule has 2 rings (SSSR count). The van der Waals surface area contributed by atoms with Crippen LogP contribution in [0.4, 0.5) is 4.39 Å². The zero-order valence-electron chi connectivity index (χ0n) is 14.5. The van der Waals surface area contributed by atoms with Gasteiger partial charge in [0, 0.05) is 20.0 Å². The van der Waals surface area contributed by atoms with Gasteiger partial charge in [0.1, 0.15) is 6.10 Å². The van der Waals surface area contributed by atoms with E-state index in [0.717, 1.165) is 0 Å². The van der Waals surface area contributed by atoms with Crippen LogP contribution in [0.3, 0.4) is 0 Å². The Balaban J connectivity index is 0.00000312. The molecule has 1 aromatic heterocycles. The van der Waals surface area contributed by atoms with Gasteiger partial charge in [-0.3, -0.25) is 4.99 Å². The molecular formula is C16H23FIN5O2. The highest BCUT2D eigenvalue weighted by molar-refractivity contribution is 14.0. The van der Waals surface area contributed by atoms with Gasteiger partial charge in [-0.15, -0.1) is 24.0 Å². The van der Waals surface area contributed by atoms with E-state index in [1.807, 2.05) is 6.92 Å². The quantitative estimate of drug-likeness (QED) is 0.373. The fourth-order valence-corrected chi connectivity index (χ4v) is 1.99. The zero-order chi connectivity index (χ0) is 17.4. The smallest absolute Gasteiger partial charge is 0.228 e. The van der Waals surface area contributed by atoms with Crippen molar-refractivity contribution < 1.29 is 13.7 Å². The number of rotatable bonds is 7. The fourth-order valence-electron chi connectivity index (χ4n) is 1.99. The van der Waals surface area contributed by atoms with Crippen LogP contribution in [-0.2, 0) is 6.42 Å². The monoisotopic (exact) mass is 463 g/mol. The standard InChI is InChI=1S/C16H22FN5O2.HI/c1-11(23-14-7-5-4-6-13(14)17)10-20-16(18-3)19-9-8-15-21-12(2)22-24-15;/h4-7,11H,8-10H2,1-3H3,(H2,18,19,20);1H. The Hall–Kier alpha value is -1.91. The minimum atomic E-state index is -0.373. The molecule has 0 aliphatic heterocycles. The molecule has 1 aromatic carbocycles. The largest absolute Gasteiger partial charge is 0.486 e. The second-order valence-corrected chi connectivity index (χ2v) is 5.22. The molecule has 0 spiro atoms. The van der Waals surface area contributed by atoms with Crippen molar-refractivity contribution in [3.8, 4) is 5.75 Å². The Morgan fingerprint density at radius 3 is 2.76 bits per heavy atom. The summed E-state index contributed by atoms with van der Waals surface area (Å²) in [6, 6.07) is 6.33. The maximum atomic E-state index is 13.5. The molecule has 138 valence electrons. The van der Waals surface area contributed by atoms with E-state index in [0.29, 0.717) is 37.2 Å². The Morgan fingerprint density at radius 2 is 2.12 bits per heavy atom. The molecule has 0 saturated heterocycles. The van der Waals surface area contributed by atoms with Crippen LogP contribution >= 0.6 is 24.0 Å². The first-order valence-electron chi connectivity index (χ1n) is 7.73. The highest BCUT2D eigenvalue weighted by Crippen LogP contribution is 2.16. The molecule has 0 saturated carbocycles. The van der Waals surface area contributed by atoms with Crippen molar-refractivity contribution in [2.24, 2.45) is 4.99 Å². The van der Waals surface area contributed by atoms with E-state index in [1.165, 1.54) is 6.07 Å². The molecule has 1 atom stereocenters. The van der Waals surface area contributed by atoms with Gasteiger partial charge in [0.25, 0.3) is 0 Å². The molecule has 1 unspecified atom stereocenters. The summed E-state index contributed by atoms with van der Waals surface area (Å²) in [6.45, 7) is 4.71. The van der Waals surface area contributed by atoms with Crippen molar-refractivity contribution in [3.05, 3.63) is 41.8 Å². The lowest BCUT2D eigenvalue weighted by atomic mass is 10.3. The van der Waals surface area contributed by atoms with Crippen LogP contribution in [0.25, 0.3) is 0 Å². The van der Waals surface area contributed by atoms with Crippen LogP contribution in [0.15, 0.2) is 33.8 Å². The van der Waals surface area contributed by atoms with Crippen LogP contribution in [-0.4, -0.2) is 42.3 Å². The third-order valence-corrected chi connectivity index (χ3v) is 3.15. The van der Waals surface area contributed by atoms with Crippen LogP contribution in [0.1, 0.15) is 18.6 Å². The van der Waals surface area contributed by atoms with Gasteiger partial charge in [-0.2, -0.15) is 4.98 Å². The topological polar surface area (TPSA) is 84.6 Å². The molecule has 7 nitrogen and oxygen atoms in total. The Morgan fingerprint density at radius 1 is 1.36 bits per heavy atom. The summed E-state index contributed by atoms with van der Waals surface area (Å²) in [4.78, 5) is 8.25. The van der Waals surface area contributed by atoms with Crippen LogP contribution in [0.2, 0.25) is 0 Å². The predicted octanol–water partition coefficient (Wildman–Crippen LogP) is 2.31. The summed E-state index contributed by atoms with van der Waals surface area (Å²) in [5.41, 5.74) is 0. The van der Waals surface area contributed by atoms with Crippen LogP contribution in [0.5, 0.6) is 5.75 Å². The normalized spacial score (nSPS) is 12.2. The lowest BCUT2D eigenvalue weighted by Gasteiger charge is -2.17. The highest BCUT2D eigenvalue weighted by Gasteiger charge is 2.09. The van der Waals surface area contributed by atoms with E-state index in [9.17, 15) is 4.39 Å². The fraction of sp³-hybridized carbons (Fsp3) is 0.438. The molecule has 9 heteroatoms. The molecule has 0 amide bonds. The van der Waals surface area contributed by atoms with Gasteiger partial charge in [-0.1, -0.05) is 17.3 Å². The van der Waals surface area contributed by atoms with Gasteiger partial charge < -0.3 is 19.9 Å². The van der Waals surface area contributed by atoms with E-state index >= 15 is 0 Å². The number of benzene rings is 1. The van der Waals surface area contributed by atoms with Gasteiger partial charge in [-0.05, 0) is 26.0 Å². The van der Waals surface area contributed by atoms with Gasteiger partial charge in [0.15, 0.2) is 23.4 Å². The van der Waals surface area contributed by atoms with Gasteiger partial charge in [0.2, 0.25) is 5.89 Å². The van der Waals surface area contributed by atoms with Gasteiger partial charge in [-0.25, -0.2) is 4.39 Å². The summed E-state index contributed by atoms with van der Waals surface area (Å²) >= 11 is 0. The second-order valence-electron chi connectivity index (χ2n) is 5.22. The van der Waals surface area contributed by atoms with Crippen LogP contribution in [0, 0.1) is 12.7 Å². The van der Waals surface area contributed by atoms with Crippen molar-refractivity contribution in [2.75, 3.05) is 20.1 Å². The Bertz CT molecular complexity index is 680. The molecule has 1 heterocycles. The molecule has 0 aliphatic rings. The maximum Gasteiger partial charge on any atom is 0.228 e. The molecule has 25 heavy (non-hydrogen) atoms. The predicted molar refractivity (Wildman–Crippen MR) is 104 cm³/mol. The number of ether oxygens (including phenoxy) is 1. The van der Waals surface area contributed by atoms with Crippen molar-refractivity contribution in [1.29, 1.82) is 0 Å². The lowest BCUT2D eigenvalue weighted by Crippen LogP contribution is -2.42. The number of hydrogen-bond donors (Lipinski definition) is 2. The summed E-state index contributed by atoms with van der Waals surface area (Å²) < 4.78 is 24.1. The number of para-hydroxylation sites is 1. The number of aromatic nitrogens is 2. The highest BCUT2D eigenvalue weighted by atomic mass is 127. The van der Waals surface area contributed by atoms with Crippen molar-refractivity contribution in [1.82, 2.24) is 20.8 Å². The molecule has 0 radical (unpaired) electrons. The van der Waals surface area contributed by atoms with Crippen molar-refractivity contribution >= 4 is 29.9 Å². The second kappa shape index (κ2) is 10.9. The lowest BCUT2D eigenvalue weighted by molar-refractivity contribution is 0.214. The third-order valence-electron chi connectivity index (χ3n) is 3.15. The molecule has 2 N–H and O–H groups in total. The van der Waals surface area contributed by atoms with Crippen molar-refractivity contribution in [3.63, 3.8) is 0 Å². The molecule has 0 aliphatic carbocycles. The average molecular weight is 463 g/mol. The van der Waals surface area contributed by atoms with Crippen molar-refractivity contribution in [2.45, 2.75) is 26.4 Å². The van der Waals surface area contributed by atoms with Crippen LogP contribution < -0.4 is 15.4 Å². The molecule has 0 bridgehead atoms. The van der Waals surface area contributed by atoms with E-state index < -0.39 is 0 Å². The minimum absolute atomic E-state index is 0. The number of guanidine groups is 1. The van der Waals surface area contributed by atoms with E-state index in [4.69, 9.17) is 9.26 Å².